The van der Waals surface area contributed by atoms with Crippen molar-refractivity contribution >= 4 is 5.97 Å². The molecule has 1 N–H and O–H groups in total. The summed E-state index contributed by atoms with van der Waals surface area (Å²) in [6.45, 7) is 2.64. The molecular formula is C9H17NO4. The predicted molar refractivity (Wildman–Crippen MR) is 50.3 cm³/mol. The second-order valence-electron chi connectivity index (χ2n) is 3.37. The van der Waals surface area contributed by atoms with Gasteiger partial charge < -0.3 is 14.6 Å². The third-order valence-corrected chi connectivity index (χ3v) is 2.34. The topological polar surface area (TPSA) is 59.0 Å². The number of hydrogen-bond acceptors (Lipinski definition) is 4. The number of carboxylic acids is 1. The summed E-state index contributed by atoms with van der Waals surface area (Å²) in [6, 6.07) is 0.237. The van der Waals surface area contributed by atoms with Gasteiger partial charge in [-0.3, -0.25) is 9.69 Å². The fourth-order valence-electron chi connectivity index (χ4n) is 1.58. The monoisotopic (exact) mass is 203 g/mol. The molecule has 5 heteroatoms. The van der Waals surface area contributed by atoms with E-state index >= 15 is 0 Å². The zero-order chi connectivity index (χ0) is 10.4. The molecule has 0 aromatic rings. The Morgan fingerprint density at radius 1 is 1.71 bits per heavy atom. The average Bonchev–Trinajstić information content (AvgIpc) is 2.64. The van der Waals surface area contributed by atoms with Crippen LogP contribution in [0.25, 0.3) is 0 Å². The second-order valence-corrected chi connectivity index (χ2v) is 3.37. The minimum atomic E-state index is -0.798. The van der Waals surface area contributed by atoms with E-state index in [4.69, 9.17) is 14.6 Å². The van der Waals surface area contributed by atoms with Crippen LogP contribution in [0.5, 0.6) is 0 Å². The van der Waals surface area contributed by atoms with Crippen molar-refractivity contribution in [3.8, 4) is 0 Å². The number of nitrogens with zero attached hydrogens (tertiary/aromatic N) is 1. The van der Waals surface area contributed by atoms with Gasteiger partial charge >= 0.3 is 5.97 Å². The molecular weight excluding hydrogens is 186 g/mol. The zero-order valence-electron chi connectivity index (χ0n) is 8.44. The van der Waals surface area contributed by atoms with Gasteiger partial charge in [-0.05, 0) is 6.42 Å². The highest BCUT2D eigenvalue weighted by Gasteiger charge is 2.24. The maximum Gasteiger partial charge on any atom is 0.317 e. The Bertz CT molecular complexity index is 180. The lowest BCUT2D eigenvalue weighted by molar-refractivity contribution is -0.139. The fraction of sp³-hybridized carbons (Fsp3) is 0.889. The smallest absolute Gasteiger partial charge is 0.317 e. The van der Waals surface area contributed by atoms with E-state index in [2.05, 4.69) is 0 Å². The van der Waals surface area contributed by atoms with Gasteiger partial charge in [0.05, 0.1) is 19.8 Å². The van der Waals surface area contributed by atoms with Gasteiger partial charge in [-0.15, -0.1) is 0 Å². The molecule has 1 heterocycles. The van der Waals surface area contributed by atoms with Gasteiger partial charge in [0.1, 0.15) is 0 Å². The minimum Gasteiger partial charge on any atom is -0.480 e. The van der Waals surface area contributed by atoms with Crippen LogP contribution >= 0.6 is 0 Å². The van der Waals surface area contributed by atoms with Gasteiger partial charge in [0.2, 0.25) is 0 Å². The Morgan fingerprint density at radius 3 is 3.00 bits per heavy atom. The largest absolute Gasteiger partial charge is 0.480 e. The number of methoxy groups -OCH3 is 1. The SMILES string of the molecule is COCCN(CC(=O)O)C1CCOC1. The number of rotatable bonds is 6. The van der Waals surface area contributed by atoms with E-state index in [0.717, 1.165) is 13.0 Å². The molecule has 14 heavy (non-hydrogen) atoms. The van der Waals surface area contributed by atoms with Crippen LogP contribution in [0.1, 0.15) is 6.42 Å². The number of carbonyl (C=O) groups is 1. The second kappa shape index (κ2) is 5.95. The van der Waals surface area contributed by atoms with Gasteiger partial charge in [-0.1, -0.05) is 0 Å². The molecule has 0 saturated carbocycles. The Labute approximate surface area is 83.6 Å². The third kappa shape index (κ3) is 3.61. The Kier molecular flexibility index (Phi) is 4.86. The third-order valence-electron chi connectivity index (χ3n) is 2.34. The van der Waals surface area contributed by atoms with E-state index in [0.29, 0.717) is 19.8 Å². The van der Waals surface area contributed by atoms with Crippen LogP contribution < -0.4 is 0 Å². The molecule has 1 rings (SSSR count). The summed E-state index contributed by atoms with van der Waals surface area (Å²) in [4.78, 5) is 12.5. The Balaban J connectivity index is 2.37. The Hall–Kier alpha value is -0.650. The summed E-state index contributed by atoms with van der Waals surface area (Å²) in [5, 5.41) is 8.72. The van der Waals surface area contributed by atoms with E-state index < -0.39 is 5.97 Å². The molecule has 5 nitrogen and oxygen atoms in total. The molecule has 0 spiro atoms. The van der Waals surface area contributed by atoms with E-state index in [1.165, 1.54) is 0 Å². The summed E-state index contributed by atoms with van der Waals surface area (Å²) >= 11 is 0. The molecule has 0 bridgehead atoms. The van der Waals surface area contributed by atoms with E-state index in [9.17, 15) is 4.79 Å². The number of carboxylic acid groups (broad SMARTS) is 1. The number of aliphatic carboxylic acids is 1. The first-order valence-corrected chi connectivity index (χ1v) is 4.76. The number of ether oxygens (including phenoxy) is 2. The Morgan fingerprint density at radius 2 is 2.50 bits per heavy atom. The normalized spacial score (nSPS) is 21.7. The van der Waals surface area contributed by atoms with Crippen LogP contribution in [-0.4, -0.2) is 62.0 Å². The molecule has 0 aliphatic carbocycles. The molecule has 0 amide bonds. The summed E-state index contributed by atoms with van der Waals surface area (Å²) in [5.74, 6) is -0.798. The van der Waals surface area contributed by atoms with Gasteiger partial charge in [0.25, 0.3) is 0 Å². The molecule has 1 aliphatic rings. The predicted octanol–water partition coefficient (Wildman–Crippen LogP) is -0.192. The van der Waals surface area contributed by atoms with Crippen molar-refractivity contribution in [2.75, 3.05) is 40.0 Å². The minimum absolute atomic E-state index is 0.0669. The van der Waals surface area contributed by atoms with Crippen molar-refractivity contribution in [1.82, 2.24) is 4.90 Å². The number of hydrogen-bond donors (Lipinski definition) is 1. The average molecular weight is 203 g/mol. The van der Waals surface area contributed by atoms with Gasteiger partial charge in [-0.2, -0.15) is 0 Å². The van der Waals surface area contributed by atoms with Crippen molar-refractivity contribution in [2.24, 2.45) is 0 Å². The molecule has 82 valence electrons. The quantitative estimate of drug-likeness (QED) is 0.648. The van der Waals surface area contributed by atoms with Gasteiger partial charge in [0, 0.05) is 26.3 Å². The maximum atomic E-state index is 10.6. The molecule has 0 aromatic carbocycles. The molecule has 0 aromatic heterocycles. The van der Waals surface area contributed by atoms with Crippen molar-refractivity contribution in [1.29, 1.82) is 0 Å². The molecule has 1 aliphatic heterocycles. The lowest BCUT2D eigenvalue weighted by Crippen LogP contribution is -2.41. The van der Waals surface area contributed by atoms with Gasteiger partial charge in [-0.25, -0.2) is 0 Å². The van der Waals surface area contributed by atoms with Crippen molar-refractivity contribution in [3.63, 3.8) is 0 Å². The lowest BCUT2D eigenvalue weighted by Gasteiger charge is -2.25. The highest BCUT2D eigenvalue weighted by Crippen LogP contribution is 2.11. The first-order chi connectivity index (χ1) is 6.74. The highest BCUT2D eigenvalue weighted by molar-refractivity contribution is 5.69. The van der Waals surface area contributed by atoms with Crippen molar-refractivity contribution < 1.29 is 19.4 Å². The molecule has 1 atom stereocenters. The van der Waals surface area contributed by atoms with E-state index in [1.807, 2.05) is 4.90 Å². The van der Waals surface area contributed by atoms with Crippen molar-refractivity contribution in [2.45, 2.75) is 12.5 Å². The van der Waals surface area contributed by atoms with Gasteiger partial charge in [0.15, 0.2) is 0 Å². The summed E-state index contributed by atoms with van der Waals surface area (Å²) in [6.07, 6.45) is 0.914. The van der Waals surface area contributed by atoms with Crippen LogP contribution in [0.15, 0.2) is 0 Å². The van der Waals surface area contributed by atoms with Crippen LogP contribution in [0.3, 0.4) is 0 Å². The summed E-state index contributed by atoms with van der Waals surface area (Å²) in [7, 11) is 1.62. The van der Waals surface area contributed by atoms with Crippen LogP contribution in [0.4, 0.5) is 0 Å². The fourth-order valence-corrected chi connectivity index (χ4v) is 1.58. The molecule has 0 radical (unpaired) electrons. The van der Waals surface area contributed by atoms with E-state index in [1.54, 1.807) is 7.11 Å². The first kappa shape index (κ1) is 11.4. The molecule has 1 fully saturated rings. The molecule has 1 unspecified atom stereocenters. The summed E-state index contributed by atoms with van der Waals surface area (Å²) < 4.78 is 10.2. The van der Waals surface area contributed by atoms with Crippen molar-refractivity contribution in [3.05, 3.63) is 0 Å². The lowest BCUT2D eigenvalue weighted by atomic mass is 10.2. The first-order valence-electron chi connectivity index (χ1n) is 4.76. The standard InChI is InChI=1S/C9H17NO4/c1-13-5-3-10(6-9(11)12)8-2-4-14-7-8/h8H,2-7H2,1H3,(H,11,12). The van der Waals surface area contributed by atoms with Crippen LogP contribution in [-0.2, 0) is 14.3 Å². The van der Waals surface area contributed by atoms with Crippen LogP contribution in [0, 0.1) is 0 Å². The van der Waals surface area contributed by atoms with Crippen LogP contribution in [0.2, 0.25) is 0 Å². The molecule has 1 saturated heterocycles. The zero-order valence-corrected chi connectivity index (χ0v) is 8.44. The summed E-state index contributed by atoms with van der Waals surface area (Å²) in [5.41, 5.74) is 0. The maximum absolute atomic E-state index is 10.6. The highest BCUT2D eigenvalue weighted by atomic mass is 16.5. The van der Waals surface area contributed by atoms with E-state index in [-0.39, 0.29) is 12.6 Å².